The van der Waals surface area contributed by atoms with E-state index in [4.69, 9.17) is 4.74 Å². The van der Waals surface area contributed by atoms with E-state index in [1.807, 2.05) is 6.08 Å². The van der Waals surface area contributed by atoms with Crippen LogP contribution in [-0.4, -0.2) is 23.0 Å². The quantitative estimate of drug-likeness (QED) is 0.302. The van der Waals surface area contributed by atoms with Crippen molar-refractivity contribution in [2.75, 3.05) is 6.54 Å². The zero-order valence-electron chi connectivity index (χ0n) is 18.6. The minimum absolute atomic E-state index is 0.209. The maximum Gasteiger partial charge on any atom is 0.303 e. The third-order valence-electron chi connectivity index (χ3n) is 5.73. The smallest absolute Gasteiger partial charge is 0.303 e. The predicted molar refractivity (Wildman–Crippen MR) is 121 cm³/mol. The van der Waals surface area contributed by atoms with Crippen LogP contribution in [0.15, 0.2) is 66.4 Å². The Hall–Kier alpha value is -2.29. The lowest BCUT2D eigenvalue weighted by Crippen LogP contribution is -2.24. The van der Waals surface area contributed by atoms with Crippen molar-refractivity contribution in [3.8, 4) is 0 Å². The SMILES string of the molecule is C=CC(=CC=C(C)C1(OC(C)=O)CC1)N(CCC(C)CCC)Cc1ccccc1. The monoisotopic (exact) mass is 395 g/mol. The van der Waals surface area contributed by atoms with Crippen molar-refractivity contribution in [2.24, 2.45) is 5.92 Å². The van der Waals surface area contributed by atoms with E-state index in [9.17, 15) is 4.79 Å². The molecule has 0 bridgehead atoms. The lowest BCUT2D eigenvalue weighted by molar-refractivity contribution is -0.146. The standard InChI is InChI=1S/C26H37NO2/c1-6-11-21(3)16-19-27(20-24-12-9-8-10-13-24)25(7-2)15-14-22(4)26(17-18-26)29-23(5)28/h7-10,12-15,21H,2,6,11,16-20H2,1,3-5H3. The highest BCUT2D eigenvalue weighted by Gasteiger charge is 2.47. The number of benzene rings is 1. The summed E-state index contributed by atoms with van der Waals surface area (Å²) in [6.45, 7) is 14.0. The first-order valence-corrected chi connectivity index (χ1v) is 10.9. The molecule has 158 valence electrons. The minimum atomic E-state index is -0.380. The number of ether oxygens (including phenoxy) is 1. The molecule has 1 unspecified atom stereocenters. The zero-order valence-corrected chi connectivity index (χ0v) is 18.6. The molecule has 0 radical (unpaired) electrons. The van der Waals surface area contributed by atoms with Gasteiger partial charge in [-0.25, -0.2) is 0 Å². The van der Waals surface area contributed by atoms with Crippen LogP contribution in [0.2, 0.25) is 0 Å². The molecule has 1 fully saturated rings. The molecule has 0 saturated heterocycles. The van der Waals surface area contributed by atoms with Gasteiger partial charge in [0.1, 0.15) is 5.60 Å². The Morgan fingerprint density at radius 2 is 1.90 bits per heavy atom. The summed E-state index contributed by atoms with van der Waals surface area (Å²) < 4.78 is 5.56. The van der Waals surface area contributed by atoms with E-state index >= 15 is 0 Å². The van der Waals surface area contributed by atoms with Crippen LogP contribution in [0.25, 0.3) is 0 Å². The van der Waals surface area contributed by atoms with Crippen LogP contribution in [0.5, 0.6) is 0 Å². The fourth-order valence-electron chi connectivity index (χ4n) is 3.75. The lowest BCUT2D eigenvalue weighted by Gasteiger charge is -2.27. The Morgan fingerprint density at radius 1 is 1.21 bits per heavy atom. The molecule has 3 nitrogen and oxygen atoms in total. The van der Waals surface area contributed by atoms with Gasteiger partial charge in [-0.1, -0.05) is 69.7 Å². The fourth-order valence-corrected chi connectivity index (χ4v) is 3.75. The van der Waals surface area contributed by atoms with Gasteiger partial charge in [0, 0.05) is 25.7 Å². The molecule has 1 aliphatic rings. The highest BCUT2D eigenvalue weighted by molar-refractivity contribution is 5.67. The number of carbonyl (C=O) groups is 1. The van der Waals surface area contributed by atoms with Gasteiger partial charge in [-0.15, -0.1) is 0 Å². The number of nitrogens with zero attached hydrogens (tertiary/aromatic N) is 1. The second-order valence-electron chi connectivity index (χ2n) is 8.32. The average Bonchev–Trinajstić information content (AvgIpc) is 3.47. The highest BCUT2D eigenvalue weighted by atomic mass is 16.6. The normalized spacial score (nSPS) is 16.8. The van der Waals surface area contributed by atoms with E-state index in [1.54, 1.807) is 0 Å². The molecule has 2 rings (SSSR count). The van der Waals surface area contributed by atoms with E-state index < -0.39 is 0 Å². The number of esters is 1. The van der Waals surface area contributed by atoms with Gasteiger partial charge < -0.3 is 9.64 Å². The molecular formula is C26H37NO2. The summed E-state index contributed by atoms with van der Waals surface area (Å²) in [5.41, 5.74) is 3.12. The number of carbonyl (C=O) groups excluding carboxylic acids is 1. The largest absolute Gasteiger partial charge is 0.455 e. The molecule has 0 aliphatic heterocycles. The highest BCUT2D eigenvalue weighted by Crippen LogP contribution is 2.46. The molecule has 0 amide bonds. The van der Waals surface area contributed by atoms with Gasteiger partial charge in [-0.2, -0.15) is 0 Å². The number of hydrogen-bond acceptors (Lipinski definition) is 3. The molecule has 29 heavy (non-hydrogen) atoms. The molecule has 1 saturated carbocycles. The van der Waals surface area contributed by atoms with Crippen LogP contribution in [0, 0.1) is 5.92 Å². The van der Waals surface area contributed by atoms with Crippen molar-refractivity contribution in [3.05, 3.63) is 72.0 Å². The van der Waals surface area contributed by atoms with Crippen LogP contribution < -0.4 is 0 Å². The summed E-state index contributed by atoms with van der Waals surface area (Å²) in [5, 5.41) is 0. The first-order chi connectivity index (χ1) is 13.9. The molecule has 1 aromatic rings. The summed E-state index contributed by atoms with van der Waals surface area (Å²) in [5.74, 6) is 0.499. The van der Waals surface area contributed by atoms with Gasteiger partial charge in [0.05, 0.1) is 0 Å². The topological polar surface area (TPSA) is 29.5 Å². The van der Waals surface area contributed by atoms with Gasteiger partial charge in [0.2, 0.25) is 0 Å². The molecule has 0 spiro atoms. The summed E-state index contributed by atoms with van der Waals surface area (Å²) in [4.78, 5) is 13.8. The van der Waals surface area contributed by atoms with Crippen molar-refractivity contribution in [3.63, 3.8) is 0 Å². The van der Waals surface area contributed by atoms with E-state index in [-0.39, 0.29) is 11.6 Å². The van der Waals surface area contributed by atoms with Crippen molar-refractivity contribution in [1.82, 2.24) is 4.90 Å². The summed E-state index contributed by atoms with van der Waals surface area (Å²) in [6.07, 6.45) is 11.6. The first kappa shape index (κ1) is 23.0. The van der Waals surface area contributed by atoms with Gasteiger partial charge in [0.15, 0.2) is 0 Å². The van der Waals surface area contributed by atoms with Crippen molar-refractivity contribution in [2.45, 2.75) is 71.9 Å². The third-order valence-corrected chi connectivity index (χ3v) is 5.73. The summed E-state index contributed by atoms with van der Waals surface area (Å²) in [7, 11) is 0. The molecule has 0 aromatic heterocycles. The van der Waals surface area contributed by atoms with E-state index in [0.29, 0.717) is 5.92 Å². The second kappa shape index (κ2) is 11.0. The maximum absolute atomic E-state index is 11.4. The van der Waals surface area contributed by atoms with Gasteiger partial charge in [0.25, 0.3) is 0 Å². The fraction of sp³-hybridized carbons (Fsp3) is 0.500. The Labute approximate surface area is 177 Å². The molecular weight excluding hydrogens is 358 g/mol. The Bertz CT molecular complexity index is 728. The molecule has 1 aromatic carbocycles. The Balaban J connectivity index is 2.18. The van der Waals surface area contributed by atoms with Crippen molar-refractivity contribution in [1.29, 1.82) is 0 Å². The predicted octanol–water partition coefficient (Wildman–Crippen LogP) is 6.43. The number of hydrogen-bond donors (Lipinski definition) is 0. The lowest BCUT2D eigenvalue weighted by atomic mass is 10.0. The zero-order chi connectivity index (χ0) is 21.3. The van der Waals surface area contributed by atoms with Crippen LogP contribution in [-0.2, 0) is 16.1 Å². The van der Waals surface area contributed by atoms with Gasteiger partial charge in [-0.05, 0) is 55.4 Å². The van der Waals surface area contributed by atoms with Gasteiger partial charge >= 0.3 is 5.97 Å². The van der Waals surface area contributed by atoms with E-state index in [0.717, 1.165) is 43.6 Å². The van der Waals surface area contributed by atoms with Crippen molar-refractivity contribution < 1.29 is 9.53 Å². The maximum atomic E-state index is 11.4. The number of allylic oxidation sites excluding steroid dienone is 3. The molecule has 1 aliphatic carbocycles. The third kappa shape index (κ3) is 7.23. The van der Waals surface area contributed by atoms with E-state index in [2.05, 4.69) is 74.7 Å². The summed E-state index contributed by atoms with van der Waals surface area (Å²) in [6, 6.07) is 10.6. The minimum Gasteiger partial charge on any atom is -0.455 e. The van der Waals surface area contributed by atoms with Crippen LogP contribution in [0.4, 0.5) is 0 Å². The molecule has 0 heterocycles. The molecule has 0 N–H and O–H groups in total. The number of rotatable bonds is 12. The summed E-state index contributed by atoms with van der Waals surface area (Å²) >= 11 is 0. The van der Waals surface area contributed by atoms with E-state index in [1.165, 1.54) is 25.3 Å². The molecule has 3 heteroatoms. The van der Waals surface area contributed by atoms with Crippen LogP contribution in [0.1, 0.15) is 65.4 Å². The van der Waals surface area contributed by atoms with Crippen LogP contribution >= 0.6 is 0 Å². The van der Waals surface area contributed by atoms with Crippen LogP contribution in [0.3, 0.4) is 0 Å². The Kier molecular flexibility index (Phi) is 8.75. The van der Waals surface area contributed by atoms with Crippen molar-refractivity contribution >= 4 is 5.97 Å². The average molecular weight is 396 g/mol. The first-order valence-electron chi connectivity index (χ1n) is 10.9. The second-order valence-corrected chi connectivity index (χ2v) is 8.32. The Morgan fingerprint density at radius 3 is 2.45 bits per heavy atom. The molecule has 1 atom stereocenters. The van der Waals surface area contributed by atoms with Gasteiger partial charge in [-0.3, -0.25) is 4.79 Å².